The van der Waals surface area contributed by atoms with Crippen molar-refractivity contribution in [3.05, 3.63) is 83.9 Å². The van der Waals surface area contributed by atoms with Crippen LogP contribution in [0.1, 0.15) is 37.1 Å². The van der Waals surface area contributed by atoms with Crippen LogP contribution >= 0.6 is 0 Å². The Balaban J connectivity index is 1.81. The van der Waals surface area contributed by atoms with Crippen LogP contribution in [0.5, 0.6) is 0 Å². The number of hydrogen-bond donors (Lipinski definition) is 3. The zero-order valence-electron chi connectivity index (χ0n) is 20.2. The number of imidazole rings is 1. The van der Waals surface area contributed by atoms with E-state index in [4.69, 9.17) is 0 Å². The summed E-state index contributed by atoms with van der Waals surface area (Å²) < 4.78 is 27.6. The Bertz CT molecular complexity index is 1290. The first-order valence-electron chi connectivity index (χ1n) is 11.6. The molecule has 0 amide bonds. The van der Waals surface area contributed by atoms with Crippen LogP contribution in [0.4, 0.5) is 0 Å². The Hall–Kier alpha value is -3.50. The van der Waals surface area contributed by atoms with E-state index in [1.54, 1.807) is 59.6 Å². The second kappa shape index (κ2) is 12.0. The molecule has 2 atom stereocenters. The number of benzene rings is 2. The normalized spacial score (nSPS) is 13.4. The maximum absolute atomic E-state index is 12.9. The lowest BCUT2D eigenvalue weighted by Gasteiger charge is -2.22. The van der Waals surface area contributed by atoms with E-state index in [1.807, 2.05) is 26.0 Å². The van der Waals surface area contributed by atoms with E-state index in [9.17, 15) is 28.2 Å². The van der Waals surface area contributed by atoms with Crippen molar-refractivity contribution in [2.45, 2.75) is 56.0 Å². The SMILES string of the molecule is CC(C)CC(N[C@@H](Cc1cncn1Cc1ccccc1CS(=O)(=O)c1ccccc1)C(=O)O)C(=O)O. The van der Waals surface area contributed by atoms with Crippen LogP contribution in [-0.2, 0) is 38.1 Å². The molecule has 2 aromatic carbocycles. The van der Waals surface area contributed by atoms with Crippen molar-refractivity contribution in [3.8, 4) is 0 Å². The minimum absolute atomic E-state index is 0.0156. The largest absolute Gasteiger partial charge is 0.480 e. The van der Waals surface area contributed by atoms with Crippen LogP contribution in [-0.4, -0.2) is 52.2 Å². The first-order valence-corrected chi connectivity index (χ1v) is 13.3. The molecule has 3 rings (SSSR count). The van der Waals surface area contributed by atoms with Gasteiger partial charge in [0.15, 0.2) is 9.84 Å². The number of sulfone groups is 1. The molecule has 0 aliphatic rings. The summed E-state index contributed by atoms with van der Waals surface area (Å²) in [5.74, 6) is -2.36. The molecule has 1 unspecified atom stereocenters. The second-order valence-electron chi connectivity index (χ2n) is 9.14. The van der Waals surface area contributed by atoms with E-state index >= 15 is 0 Å². The molecule has 0 fully saturated rings. The van der Waals surface area contributed by atoms with Crippen LogP contribution < -0.4 is 5.32 Å². The van der Waals surface area contributed by atoms with Crippen LogP contribution in [0.25, 0.3) is 0 Å². The molecular weight excluding hydrogens is 482 g/mol. The summed E-state index contributed by atoms with van der Waals surface area (Å²) in [5.41, 5.74) is 1.99. The summed E-state index contributed by atoms with van der Waals surface area (Å²) in [6, 6.07) is 13.3. The third-order valence-corrected chi connectivity index (χ3v) is 7.51. The fraction of sp³-hybridized carbons (Fsp3) is 0.346. The fourth-order valence-electron chi connectivity index (χ4n) is 3.99. The Kier molecular flexibility index (Phi) is 9.00. The summed E-state index contributed by atoms with van der Waals surface area (Å²) >= 11 is 0. The molecule has 0 saturated carbocycles. The van der Waals surface area contributed by atoms with Crippen LogP contribution in [0.2, 0.25) is 0 Å². The van der Waals surface area contributed by atoms with Crippen molar-refractivity contribution in [3.63, 3.8) is 0 Å². The van der Waals surface area contributed by atoms with E-state index in [2.05, 4.69) is 10.3 Å². The number of hydrogen-bond acceptors (Lipinski definition) is 6. The van der Waals surface area contributed by atoms with E-state index in [0.29, 0.717) is 17.7 Å². The van der Waals surface area contributed by atoms with Crippen LogP contribution in [0.15, 0.2) is 72.0 Å². The van der Waals surface area contributed by atoms with Gasteiger partial charge in [-0.3, -0.25) is 14.9 Å². The van der Waals surface area contributed by atoms with E-state index in [-0.39, 0.29) is 29.5 Å². The average Bonchev–Trinajstić information content (AvgIpc) is 3.25. The van der Waals surface area contributed by atoms with Gasteiger partial charge < -0.3 is 14.8 Å². The standard InChI is InChI=1S/C26H31N3O6S/c1-18(2)12-23(25(30)31)28-24(26(32)33)13-21-14-27-17-29(21)15-19-8-6-7-9-20(19)16-36(34,35)22-10-4-3-5-11-22/h3-11,14,17-18,23-24,28H,12-13,15-16H2,1-2H3,(H,30,31)(H,32,33)/t23?,24-/m0/s1. The van der Waals surface area contributed by atoms with Crippen molar-refractivity contribution in [1.29, 1.82) is 0 Å². The topological polar surface area (TPSA) is 139 Å². The Morgan fingerprint density at radius 3 is 2.17 bits per heavy atom. The molecule has 0 radical (unpaired) electrons. The Morgan fingerprint density at radius 1 is 0.944 bits per heavy atom. The molecule has 0 saturated heterocycles. The Labute approximate surface area is 210 Å². The third kappa shape index (κ3) is 7.25. The van der Waals surface area contributed by atoms with Gasteiger partial charge in [0.25, 0.3) is 0 Å². The average molecular weight is 514 g/mol. The summed E-state index contributed by atoms with van der Waals surface area (Å²) in [6.45, 7) is 4.03. The van der Waals surface area contributed by atoms with Gasteiger partial charge in [-0.15, -0.1) is 0 Å². The molecule has 3 aromatic rings. The molecule has 9 nitrogen and oxygen atoms in total. The number of nitrogens with one attached hydrogen (secondary N) is 1. The highest BCUT2D eigenvalue weighted by Gasteiger charge is 2.28. The number of rotatable bonds is 13. The van der Waals surface area contributed by atoms with Gasteiger partial charge in [-0.1, -0.05) is 56.3 Å². The predicted octanol–water partition coefficient (Wildman–Crippen LogP) is 2.99. The van der Waals surface area contributed by atoms with Gasteiger partial charge in [0.2, 0.25) is 0 Å². The molecule has 192 valence electrons. The highest BCUT2D eigenvalue weighted by molar-refractivity contribution is 7.90. The second-order valence-corrected chi connectivity index (χ2v) is 11.1. The van der Waals surface area contributed by atoms with Crippen molar-refractivity contribution in [2.75, 3.05) is 0 Å². The summed E-state index contributed by atoms with van der Waals surface area (Å²) in [6.07, 6.45) is 3.40. The lowest BCUT2D eigenvalue weighted by molar-refractivity contribution is -0.142. The maximum Gasteiger partial charge on any atom is 0.321 e. The van der Waals surface area contributed by atoms with Crippen molar-refractivity contribution in [1.82, 2.24) is 14.9 Å². The molecule has 1 aromatic heterocycles. The van der Waals surface area contributed by atoms with Gasteiger partial charge in [-0.05, 0) is 35.6 Å². The highest BCUT2D eigenvalue weighted by atomic mass is 32.2. The van der Waals surface area contributed by atoms with Gasteiger partial charge >= 0.3 is 11.9 Å². The summed E-state index contributed by atoms with van der Waals surface area (Å²) in [5, 5.41) is 22.0. The van der Waals surface area contributed by atoms with Crippen molar-refractivity contribution in [2.24, 2.45) is 5.92 Å². The predicted molar refractivity (Wildman–Crippen MR) is 134 cm³/mol. The van der Waals surface area contributed by atoms with E-state index in [1.165, 1.54) is 0 Å². The highest BCUT2D eigenvalue weighted by Crippen LogP contribution is 2.20. The monoisotopic (exact) mass is 513 g/mol. The van der Waals surface area contributed by atoms with Crippen LogP contribution in [0, 0.1) is 5.92 Å². The zero-order valence-corrected chi connectivity index (χ0v) is 21.1. The molecule has 0 aliphatic heterocycles. The molecule has 10 heteroatoms. The van der Waals surface area contributed by atoms with Crippen molar-refractivity contribution < 1.29 is 28.2 Å². The molecule has 36 heavy (non-hydrogen) atoms. The zero-order chi connectivity index (χ0) is 26.3. The van der Waals surface area contributed by atoms with Gasteiger partial charge in [-0.2, -0.15) is 0 Å². The number of carbonyl (C=O) groups is 2. The first kappa shape index (κ1) is 27.1. The molecule has 3 N–H and O–H groups in total. The maximum atomic E-state index is 12.9. The van der Waals surface area contributed by atoms with Crippen molar-refractivity contribution >= 4 is 21.8 Å². The molecule has 0 spiro atoms. The van der Waals surface area contributed by atoms with Gasteiger partial charge in [0.1, 0.15) is 12.1 Å². The number of aromatic nitrogens is 2. The summed E-state index contributed by atoms with van der Waals surface area (Å²) in [7, 11) is -3.55. The molecule has 0 aliphatic carbocycles. The quantitative estimate of drug-likeness (QED) is 0.317. The lowest BCUT2D eigenvalue weighted by atomic mass is 10.0. The minimum Gasteiger partial charge on any atom is -0.480 e. The number of carboxylic acids is 2. The molecule has 1 heterocycles. The van der Waals surface area contributed by atoms with Crippen LogP contribution in [0.3, 0.4) is 0 Å². The molecule has 0 bridgehead atoms. The van der Waals surface area contributed by atoms with Gasteiger partial charge in [0.05, 0.1) is 17.0 Å². The van der Waals surface area contributed by atoms with E-state index < -0.39 is 33.9 Å². The molecular formula is C26H31N3O6S. The van der Waals surface area contributed by atoms with E-state index in [0.717, 1.165) is 5.56 Å². The minimum atomic E-state index is -3.55. The third-order valence-electron chi connectivity index (χ3n) is 5.82. The number of aliphatic carboxylic acids is 2. The lowest BCUT2D eigenvalue weighted by Crippen LogP contribution is -2.49. The number of nitrogens with zero attached hydrogens (tertiary/aromatic N) is 2. The number of carboxylic acid groups (broad SMARTS) is 2. The Morgan fingerprint density at radius 2 is 1.56 bits per heavy atom. The van der Waals surface area contributed by atoms with Gasteiger partial charge in [-0.25, -0.2) is 13.4 Å². The fourth-order valence-corrected chi connectivity index (χ4v) is 5.42. The van der Waals surface area contributed by atoms with Gasteiger partial charge in [0, 0.05) is 24.9 Å². The first-order chi connectivity index (χ1) is 17.1. The smallest absolute Gasteiger partial charge is 0.321 e. The summed E-state index contributed by atoms with van der Waals surface area (Å²) in [4.78, 5) is 28.0.